The molecule has 124 valence electrons. The largest absolute Gasteiger partial charge is 0.326 e. The first-order valence-electron chi connectivity index (χ1n) is 7.79. The van der Waals surface area contributed by atoms with E-state index in [1.807, 2.05) is 23.9 Å². The van der Waals surface area contributed by atoms with Crippen LogP contribution >= 0.6 is 24.2 Å². The molecule has 1 heterocycles. The summed E-state index contributed by atoms with van der Waals surface area (Å²) in [5.74, 6) is 1.11. The zero-order chi connectivity index (χ0) is 15.2. The smallest absolute Gasteiger partial charge is 0.225 e. The van der Waals surface area contributed by atoms with E-state index < -0.39 is 0 Å². The van der Waals surface area contributed by atoms with Crippen LogP contribution in [0.2, 0.25) is 0 Å². The lowest BCUT2D eigenvalue weighted by Crippen LogP contribution is -2.27. The van der Waals surface area contributed by atoms with Crippen molar-refractivity contribution in [2.45, 2.75) is 57.1 Å². The van der Waals surface area contributed by atoms with Gasteiger partial charge in [-0.1, -0.05) is 26.0 Å². The van der Waals surface area contributed by atoms with Gasteiger partial charge in [0.05, 0.1) is 0 Å². The number of carbonyl (C=O) groups excluding carboxylic acids is 1. The predicted octanol–water partition coefficient (Wildman–Crippen LogP) is 4.14. The number of hydrogen-bond donors (Lipinski definition) is 2. The van der Waals surface area contributed by atoms with Crippen LogP contribution in [0.5, 0.6) is 0 Å². The molecule has 22 heavy (non-hydrogen) atoms. The molecule has 1 aliphatic rings. The number of rotatable bonds is 6. The van der Waals surface area contributed by atoms with Crippen LogP contribution in [0.3, 0.4) is 0 Å². The maximum atomic E-state index is 12.1. The summed E-state index contributed by atoms with van der Waals surface area (Å²) < 4.78 is 0. The molecule has 5 heteroatoms. The summed E-state index contributed by atoms with van der Waals surface area (Å²) in [5, 5.41) is 7.07. The van der Waals surface area contributed by atoms with Gasteiger partial charge < -0.3 is 10.6 Å². The topological polar surface area (TPSA) is 41.1 Å². The van der Waals surface area contributed by atoms with Crippen LogP contribution in [0.4, 0.5) is 5.69 Å². The van der Waals surface area contributed by atoms with E-state index in [4.69, 9.17) is 0 Å². The highest BCUT2D eigenvalue weighted by Gasteiger charge is 2.18. The number of nitrogens with one attached hydrogen (secondary N) is 2. The molecule has 1 aliphatic heterocycles. The summed E-state index contributed by atoms with van der Waals surface area (Å²) in [7, 11) is 0. The third-order valence-electron chi connectivity index (χ3n) is 3.89. The van der Waals surface area contributed by atoms with E-state index in [2.05, 4.69) is 37.5 Å². The van der Waals surface area contributed by atoms with Crippen molar-refractivity contribution < 1.29 is 4.79 Å². The van der Waals surface area contributed by atoms with Gasteiger partial charge in [-0.15, -0.1) is 12.4 Å². The Morgan fingerprint density at radius 1 is 1.45 bits per heavy atom. The highest BCUT2D eigenvalue weighted by molar-refractivity contribution is 7.99. The molecule has 2 N–H and O–H groups in total. The van der Waals surface area contributed by atoms with Gasteiger partial charge in [0.2, 0.25) is 5.91 Å². The van der Waals surface area contributed by atoms with E-state index in [1.165, 1.54) is 17.5 Å². The van der Waals surface area contributed by atoms with E-state index in [0.29, 0.717) is 17.7 Å². The summed E-state index contributed by atoms with van der Waals surface area (Å²) in [6.07, 6.45) is 2.86. The van der Waals surface area contributed by atoms with Crippen LogP contribution in [0, 0.1) is 6.92 Å². The van der Waals surface area contributed by atoms with Crippen LogP contribution in [-0.2, 0) is 10.5 Å². The number of halogens is 1. The molecule has 0 spiro atoms. The van der Waals surface area contributed by atoms with Gasteiger partial charge in [0.15, 0.2) is 0 Å². The van der Waals surface area contributed by atoms with Crippen molar-refractivity contribution in [2.24, 2.45) is 0 Å². The van der Waals surface area contributed by atoms with Crippen LogP contribution in [0.25, 0.3) is 0 Å². The fraction of sp³-hybridized carbons (Fsp3) is 0.588. The molecule has 0 bridgehead atoms. The molecule has 0 saturated carbocycles. The van der Waals surface area contributed by atoms with Crippen LogP contribution in [0.15, 0.2) is 18.2 Å². The fourth-order valence-corrected chi connectivity index (χ4v) is 3.41. The number of anilines is 1. The second kappa shape index (κ2) is 9.43. The summed E-state index contributed by atoms with van der Waals surface area (Å²) in [5.41, 5.74) is 3.46. The lowest BCUT2D eigenvalue weighted by molar-refractivity contribution is -0.116. The Hall–Kier alpha value is -0.710. The molecule has 0 aromatic heterocycles. The van der Waals surface area contributed by atoms with Crippen molar-refractivity contribution in [3.05, 3.63) is 29.3 Å². The van der Waals surface area contributed by atoms with Gasteiger partial charge >= 0.3 is 0 Å². The molecule has 3 nitrogen and oxygen atoms in total. The van der Waals surface area contributed by atoms with Crippen molar-refractivity contribution in [1.29, 1.82) is 0 Å². The summed E-state index contributed by atoms with van der Waals surface area (Å²) in [4.78, 5) is 12.1. The quantitative estimate of drug-likeness (QED) is 0.816. The van der Waals surface area contributed by atoms with Crippen molar-refractivity contribution in [2.75, 3.05) is 11.9 Å². The van der Waals surface area contributed by atoms with Crippen molar-refractivity contribution >= 4 is 35.8 Å². The highest BCUT2D eigenvalue weighted by Crippen LogP contribution is 2.25. The van der Waals surface area contributed by atoms with Gasteiger partial charge in [-0.05, 0) is 48.8 Å². The maximum Gasteiger partial charge on any atom is 0.225 e. The Labute approximate surface area is 144 Å². The van der Waals surface area contributed by atoms with Crippen LogP contribution in [0.1, 0.15) is 44.2 Å². The second-order valence-corrected chi connectivity index (χ2v) is 7.56. The third-order valence-corrected chi connectivity index (χ3v) is 5.03. The number of benzene rings is 1. The van der Waals surface area contributed by atoms with Gasteiger partial charge in [-0.25, -0.2) is 0 Å². The minimum absolute atomic E-state index is 0. The zero-order valence-electron chi connectivity index (χ0n) is 13.6. The van der Waals surface area contributed by atoms with E-state index in [1.54, 1.807) is 0 Å². The zero-order valence-corrected chi connectivity index (χ0v) is 15.3. The molecule has 1 aromatic rings. The molecule has 1 saturated heterocycles. The lowest BCUT2D eigenvalue weighted by atomic mass is 10.1. The first-order chi connectivity index (χ1) is 10.1. The standard InChI is InChI=1S/C17H26N2OS.ClH/c1-12(2)21-11-14-6-4-8-16(13(14)3)19-17(20)10-15-7-5-9-18-15;/h4,6,8,12,15,18H,5,7,9-11H2,1-3H3,(H,19,20);1H. The molecule has 2 rings (SSSR count). The molecule has 1 aromatic carbocycles. The summed E-state index contributed by atoms with van der Waals surface area (Å²) >= 11 is 1.93. The lowest BCUT2D eigenvalue weighted by Gasteiger charge is -2.15. The highest BCUT2D eigenvalue weighted by atomic mass is 35.5. The van der Waals surface area contributed by atoms with Crippen molar-refractivity contribution in [3.63, 3.8) is 0 Å². The molecular weight excluding hydrogens is 316 g/mol. The Bertz CT molecular complexity index is 488. The Morgan fingerprint density at radius 3 is 2.86 bits per heavy atom. The van der Waals surface area contributed by atoms with Gasteiger partial charge in [-0.3, -0.25) is 4.79 Å². The summed E-state index contributed by atoms with van der Waals surface area (Å²) in [6, 6.07) is 6.54. The second-order valence-electron chi connectivity index (χ2n) is 6.00. The average molecular weight is 343 g/mol. The van der Waals surface area contributed by atoms with Gasteiger partial charge in [-0.2, -0.15) is 11.8 Å². The van der Waals surface area contributed by atoms with E-state index in [-0.39, 0.29) is 18.3 Å². The van der Waals surface area contributed by atoms with Gasteiger partial charge in [0.25, 0.3) is 0 Å². The minimum Gasteiger partial charge on any atom is -0.326 e. The van der Waals surface area contributed by atoms with Crippen molar-refractivity contribution in [3.8, 4) is 0 Å². The molecule has 0 radical (unpaired) electrons. The first kappa shape index (κ1) is 19.3. The molecule has 0 aliphatic carbocycles. The number of carbonyl (C=O) groups is 1. The summed E-state index contributed by atoms with van der Waals surface area (Å²) in [6.45, 7) is 7.55. The average Bonchev–Trinajstić information content (AvgIpc) is 2.92. The van der Waals surface area contributed by atoms with Crippen molar-refractivity contribution in [1.82, 2.24) is 5.32 Å². The minimum atomic E-state index is 0. The third kappa shape index (κ3) is 5.82. The van der Waals surface area contributed by atoms with Crippen LogP contribution in [-0.4, -0.2) is 23.7 Å². The fourth-order valence-electron chi connectivity index (χ4n) is 2.59. The van der Waals surface area contributed by atoms with E-state index >= 15 is 0 Å². The molecular formula is C17H27ClN2OS. The molecule has 1 atom stereocenters. The van der Waals surface area contributed by atoms with Gasteiger partial charge in [0, 0.05) is 23.9 Å². The normalized spacial score (nSPS) is 17.4. The van der Waals surface area contributed by atoms with Gasteiger partial charge in [0.1, 0.15) is 0 Å². The predicted molar refractivity (Wildman–Crippen MR) is 99.1 cm³/mol. The first-order valence-corrected chi connectivity index (χ1v) is 8.84. The van der Waals surface area contributed by atoms with E-state index in [9.17, 15) is 4.79 Å². The SMILES string of the molecule is Cc1c(CSC(C)C)cccc1NC(=O)CC1CCCN1.Cl. The number of amides is 1. The number of hydrogen-bond acceptors (Lipinski definition) is 3. The van der Waals surface area contributed by atoms with E-state index in [0.717, 1.165) is 24.4 Å². The Balaban J connectivity index is 0.00000242. The monoisotopic (exact) mass is 342 g/mol. The Morgan fingerprint density at radius 2 is 2.23 bits per heavy atom. The molecule has 1 amide bonds. The Kier molecular flexibility index (Phi) is 8.29. The maximum absolute atomic E-state index is 12.1. The van der Waals surface area contributed by atoms with Crippen LogP contribution < -0.4 is 10.6 Å². The molecule has 1 fully saturated rings. The number of thioether (sulfide) groups is 1. The molecule has 1 unspecified atom stereocenters.